The average Bonchev–Trinajstić information content (AvgIpc) is 2.35. The summed E-state index contributed by atoms with van der Waals surface area (Å²) in [5.41, 5.74) is 0.0287. The van der Waals surface area contributed by atoms with Gasteiger partial charge in [0.25, 0.3) is 11.3 Å². The third-order valence-electron chi connectivity index (χ3n) is 2.26. The number of anilines is 1. The van der Waals surface area contributed by atoms with E-state index in [2.05, 4.69) is 4.74 Å². The van der Waals surface area contributed by atoms with Gasteiger partial charge in [-0.2, -0.15) is 0 Å². The Hall–Kier alpha value is -1.47. The van der Waals surface area contributed by atoms with Crippen LogP contribution in [0.2, 0.25) is 0 Å². The lowest BCUT2D eigenvalue weighted by atomic mass is 10.2. The van der Waals surface area contributed by atoms with Gasteiger partial charge in [-0.25, -0.2) is 13.4 Å². The van der Waals surface area contributed by atoms with Crippen molar-refractivity contribution in [1.29, 1.82) is 0 Å². The van der Waals surface area contributed by atoms with Crippen LogP contribution < -0.4 is 4.31 Å². The third kappa shape index (κ3) is 3.27. The van der Waals surface area contributed by atoms with Crippen molar-refractivity contribution < 1.29 is 22.7 Å². The van der Waals surface area contributed by atoms with Crippen molar-refractivity contribution in [3.63, 3.8) is 0 Å². The van der Waals surface area contributed by atoms with Crippen molar-refractivity contribution in [3.8, 4) is 0 Å². The third-order valence-corrected chi connectivity index (χ3v) is 3.03. The van der Waals surface area contributed by atoms with E-state index in [1.54, 1.807) is 0 Å². The number of halogens is 1. The fourth-order valence-corrected chi connectivity index (χ4v) is 2.07. The minimum Gasteiger partial charge on any atom is -0.465 e. The molecule has 1 N–H and O–H groups in total. The van der Waals surface area contributed by atoms with Crippen molar-refractivity contribution in [2.45, 2.75) is 13.3 Å². The standard InChI is InChI=1S/C11H14FNO4S/c1-3-6-13(18(15)16)8-4-5-10(12)9(7-8)11(14)17-2/h4-5,7H,3,6H2,1-2H3,(H,15,16). The monoisotopic (exact) mass is 275 g/mol. The first-order valence-electron chi connectivity index (χ1n) is 5.27. The second-order valence-corrected chi connectivity index (χ2v) is 4.39. The summed E-state index contributed by atoms with van der Waals surface area (Å²) in [6.07, 6.45) is 0.636. The minimum atomic E-state index is -2.23. The first kappa shape index (κ1) is 14.6. The number of ether oxygens (including phenoxy) is 1. The first-order valence-corrected chi connectivity index (χ1v) is 6.34. The van der Waals surface area contributed by atoms with Crippen LogP contribution in [0.5, 0.6) is 0 Å². The summed E-state index contributed by atoms with van der Waals surface area (Å²) >= 11 is -2.23. The fraction of sp³-hybridized carbons (Fsp3) is 0.364. The summed E-state index contributed by atoms with van der Waals surface area (Å²) in [6.45, 7) is 2.15. The molecule has 1 atom stereocenters. The van der Waals surface area contributed by atoms with Gasteiger partial charge in [0.2, 0.25) is 0 Å². The molecule has 0 heterocycles. The highest BCUT2D eigenvalue weighted by Crippen LogP contribution is 2.21. The lowest BCUT2D eigenvalue weighted by molar-refractivity contribution is 0.0595. The molecule has 0 fully saturated rings. The van der Waals surface area contributed by atoms with Gasteiger partial charge in [0.15, 0.2) is 0 Å². The maximum Gasteiger partial charge on any atom is 0.340 e. The van der Waals surface area contributed by atoms with Crippen LogP contribution in [0.3, 0.4) is 0 Å². The quantitative estimate of drug-likeness (QED) is 0.659. The molecule has 5 nitrogen and oxygen atoms in total. The van der Waals surface area contributed by atoms with Crippen LogP contribution in [0.25, 0.3) is 0 Å². The summed E-state index contributed by atoms with van der Waals surface area (Å²) < 4.78 is 39.3. The van der Waals surface area contributed by atoms with E-state index in [1.165, 1.54) is 12.1 Å². The molecule has 1 aromatic carbocycles. The van der Waals surface area contributed by atoms with E-state index in [0.29, 0.717) is 18.7 Å². The maximum absolute atomic E-state index is 13.4. The number of hydrogen-bond acceptors (Lipinski definition) is 3. The highest BCUT2D eigenvalue weighted by atomic mass is 32.2. The van der Waals surface area contributed by atoms with Gasteiger partial charge in [0, 0.05) is 6.54 Å². The Morgan fingerprint density at radius 3 is 2.72 bits per heavy atom. The van der Waals surface area contributed by atoms with Gasteiger partial charge in [-0.15, -0.1) is 0 Å². The van der Waals surface area contributed by atoms with Crippen LogP contribution in [0, 0.1) is 5.82 Å². The van der Waals surface area contributed by atoms with Gasteiger partial charge in [0.05, 0.1) is 18.4 Å². The van der Waals surface area contributed by atoms with E-state index in [4.69, 9.17) is 4.55 Å². The van der Waals surface area contributed by atoms with E-state index in [1.807, 2.05) is 6.92 Å². The van der Waals surface area contributed by atoms with Crippen molar-refractivity contribution in [1.82, 2.24) is 0 Å². The molecule has 0 bridgehead atoms. The van der Waals surface area contributed by atoms with Gasteiger partial charge in [-0.1, -0.05) is 6.92 Å². The Morgan fingerprint density at radius 2 is 2.22 bits per heavy atom. The van der Waals surface area contributed by atoms with Crippen LogP contribution in [0.4, 0.5) is 10.1 Å². The molecule has 1 aromatic rings. The summed E-state index contributed by atoms with van der Waals surface area (Å²) in [4.78, 5) is 11.3. The molecule has 0 aliphatic rings. The van der Waals surface area contributed by atoms with Gasteiger partial charge in [-0.3, -0.25) is 8.86 Å². The molecule has 0 radical (unpaired) electrons. The van der Waals surface area contributed by atoms with E-state index >= 15 is 0 Å². The molecule has 18 heavy (non-hydrogen) atoms. The lowest BCUT2D eigenvalue weighted by Crippen LogP contribution is -2.26. The predicted octanol–water partition coefficient (Wildman–Crippen LogP) is 1.97. The van der Waals surface area contributed by atoms with Crippen molar-refractivity contribution in [2.24, 2.45) is 0 Å². The van der Waals surface area contributed by atoms with Gasteiger partial charge < -0.3 is 4.74 Å². The van der Waals surface area contributed by atoms with Crippen LogP contribution in [-0.4, -0.2) is 28.4 Å². The molecule has 0 spiro atoms. The Bertz CT molecular complexity index is 466. The smallest absolute Gasteiger partial charge is 0.340 e. The zero-order valence-corrected chi connectivity index (χ0v) is 10.9. The number of carbonyl (C=O) groups is 1. The van der Waals surface area contributed by atoms with E-state index in [9.17, 15) is 13.4 Å². The number of methoxy groups -OCH3 is 1. The zero-order valence-electron chi connectivity index (χ0n) is 10.1. The van der Waals surface area contributed by atoms with Crippen LogP contribution in [-0.2, 0) is 16.0 Å². The van der Waals surface area contributed by atoms with Crippen molar-refractivity contribution in [2.75, 3.05) is 18.0 Å². The Balaban J connectivity index is 3.17. The molecule has 0 aromatic heterocycles. The molecule has 7 heteroatoms. The van der Waals surface area contributed by atoms with Gasteiger partial charge in [-0.05, 0) is 24.6 Å². The number of hydrogen-bond donors (Lipinski definition) is 1. The molecule has 1 unspecified atom stereocenters. The molecule has 0 saturated carbocycles. The molecule has 0 aliphatic heterocycles. The highest BCUT2D eigenvalue weighted by molar-refractivity contribution is 7.80. The van der Waals surface area contributed by atoms with Crippen LogP contribution in [0.15, 0.2) is 18.2 Å². The molecular weight excluding hydrogens is 261 g/mol. The summed E-state index contributed by atoms with van der Waals surface area (Å²) in [7, 11) is 1.14. The molecular formula is C11H14FNO4S. The number of esters is 1. The maximum atomic E-state index is 13.4. The van der Waals surface area contributed by atoms with Crippen molar-refractivity contribution >= 4 is 22.9 Å². The van der Waals surface area contributed by atoms with Crippen molar-refractivity contribution in [3.05, 3.63) is 29.6 Å². The van der Waals surface area contributed by atoms with Gasteiger partial charge >= 0.3 is 5.97 Å². The Labute approximate surface area is 107 Å². The topological polar surface area (TPSA) is 66.8 Å². The fourth-order valence-electron chi connectivity index (χ4n) is 1.44. The minimum absolute atomic E-state index is 0.262. The largest absolute Gasteiger partial charge is 0.465 e. The second kappa shape index (κ2) is 6.46. The molecule has 0 amide bonds. The number of benzene rings is 1. The average molecular weight is 275 g/mol. The summed E-state index contributed by atoms with van der Waals surface area (Å²) in [5, 5.41) is 0. The summed E-state index contributed by atoms with van der Waals surface area (Å²) in [5.74, 6) is -1.56. The Morgan fingerprint density at radius 1 is 1.56 bits per heavy atom. The number of carbonyl (C=O) groups excluding carboxylic acids is 1. The molecule has 0 saturated heterocycles. The highest BCUT2D eigenvalue weighted by Gasteiger charge is 2.17. The summed E-state index contributed by atoms with van der Waals surface area (Å²) in [6, 6.07) is 3.60. The zero-order chi connectivity index (χ0) is 13.7. The number of rotatable bonds is 5. The first-order chi connectivity index (χ1) is 8.51. The predicted molar refractivity (Wildman–Crippen MR) is 66.1 cm³/mol. The number of nitrogens with zero attached hydrogens (tertiary/aromatic N) is 1. The van der Waals surface area contributed by atoms with E-state index in [-0.39, 0.29) is 5.56 Å². The van der Waals surface area contributed by atoms with E-state index < -0.39 is 23.1 Å². The van der Waals surface area contributed by atoms with Gasteiger partial charge in [0.1, 0.15) is 5.82 Å². The lowest BCUT2D eigenvalue weighted by Gasteiger charge is -2.19. The van der Waals surface area contributed by atoms with E-state index in [0.717, 1.165) is 17.5 Å². The SMILES string of the molecule is CCCN(c1ccc(F)c(C(=O)OC)c1)S(=O)O. The molecule has 1 rings (SSSR count). The molecule has 0 aliphatic carbocycles. The Kier molecular flexibility index (Phi) is 5.24. The van der Waals surface area contributed by atoms with Crippen LogP contribution in [0.1, 0.15) is 23.7 Å². The molecule has 100 valence electrons. The normalized spacial score (nSPS) is 12.0. The second-order valence-electron chi connectivity index (χ2n) is 3.49. The van der Waals surface area contributed by atoms with Crippen LogP contribution >= 0.6 is 0 Å².